The molecule has 11 heavy (non-hydrogen) atoms. The minimum Gasteiger partial charge on any atom is -0.396 e. The van der Waals surface area contributed by atoms with Gasteiger partial charge >= 0.3 is 0 Å². The first kappa shape index (κ1) is 10.9. The Hall–Kier alpha value is -0.120. The van der Waals surface area contributed by atoms with Gasteiger partial charge in [-0.3, -0.25) is 0 Å². The molecule has 0 spiro atoms. The van der Waals surface area contributed by atoms with Crippen molar-refractivity contribution < 1.29 is 10.2 Å². The fourth-order valence-corrected chi connectivity index (χ4v) is 1.34. The first-order chi connectivity index (χ1) is 5.17. The van der Waals surface area contributed by atoms with Crippen molar-refractivity contribution in [3.63, 3.8) is 0 Å². The predicted molar refractivity (Wildman–Crippen MR) is 45.4 cm³/mol. The lowest BCUT2D eigenvalue weighted by molar-refractivity contribution is 0.0576. The van der Waals surface area contributed by atoms with E-state index in [0.717, 1.165) is 6.42 Å². The van der Waals surface area contributed by atoms with Gasteiger partial charge in [0.1, 0.15) is 0 Å². The van der Waals surface area contributed by atoms with Crippen molar-refractivity contribution in [1.29, 1.82) is 0 Å². The van der Waals surface area contributed by atoms with E-state index in [4.69, 9.17) is 5.11 Å². The molecule has 0 aromatic carbocycles. The van der Waals surface area contributed by atoms with E-state index in [1.54, 1.807) is 6.92 Å². The van der Waals surface area contributed by atoms with Gasteiger partial charge < -0.3 is 15.5 Å². The molecule has 3 heteroatoms. The summed E-state index contributed by atoms with van der Waals surface area (Å²) in [5, 5.41) is 21.2. The van der Waals surface area contributed by atoms with E-state index in [0.29, 0.717) is 0 Å². The van der Waals surface area contributed by atoms with Crippen LogP contribution in [-0.4, -0.2) is 36.0 Å². The van der Waals surface area contributed by atoms with Gasteiger partial charge in [-0.2, -0.15) is 0 Å². The van der Waals surface area contributed by atoms with Gasteiger partial charge in [0.25, 0.3) is 0 Å². The summed E-state index contributed by atoms with van der Waals surface area (Å²) in [5.41, 5.74) is 0. The Bertz CT molecular complexity index is 92.1. The highest BCUT2D eigenvalue weighted by molar-refractivity contribution is 4.76. The largest absolute Gasteiger partial charge is 0.396 e. The Kier molecular flexibility index (Phi) is 5.46. The molecule has 3 nitrogen and oxygen atoms in total. The number of hydrogen-bond donors (Lipinski definition) is 3. The number of nitrogens with one attached hydrogen (secondary N) is 1. The Labute approximate surface area is 68.4 Å². The van der Waals surface area contributed by atoms with E-state index in [1.807, 2.05) is 14.0 Å². The van der Waals surface area contributed by atoms with Crippen LogP contribution in [-0.2, 0) is 0 Å². The maximum atomic E-state index is 9.24. The molecular formula is C8H19NO2. The van der Waals surface area contributed by atoms with Crippen molar-refractivity contribution in [2.45, 2.75) is 32.4 Å². The third-order valence-corrected chi connectivity index (χ3v) is 2.16. The van der Waals surface area contributed by atoms with Gasteiger partial charge in [0.05, 0.1) is 6.10 Å². The summed E-state index contributed by atoms with van der Waals surface area (Å²) in [5.74, 6) is -0.0509. The van der Waals surface area contributed by atoms with Crippen LogP contribution in [0.5, 0.6) is 0 Å². The summed E-state index contributed by atoms with van der Waals surface area (Å²) >= 11 is 0. The molecule has 0 aliphatic heterocycles. The van der Waals surface area contributed by atoms with Gasteiger partial charge in [-0.1, -0.05) is 6.92 Å². The molecule has 0 radical (unpaired) electrons. The van der Waals surface area contributed by atoms with E-state index in [1.165, 1.54) is 0 Å². The molecule has 0 saturated carbocycles. The molecule has 3 N–H and O–H groups in total. The highest BCUT2D eigenvalue weighted by atomic mass is 16.3. The zero-order valence-electron chi connectivity index (χ0n) is 7.54. The van der Waals surface area contributed by atoms with Crippen molar-refractivity contribution in [1.82, 2.24) is 5.32 Å². The summed E-state index contributed by atoms with van der Waals surface area (Å²) in [4.78, 5) is 0. The van der Waals surface area contributed by atoms with Gasteiger partial charge in [0.15, 0.2) is 0 Å². The van der Waals surface area contributed by atoms with E-state index in [9.17, 15) is 5.11 Å². The quantitative estimate of drug-likeness (QED) is 0.531. The van der Waals surface area contributed by atoms with Crippen molar-refractivity contribution in [2.75, 3.05) is 13.7 Å². The molecule has 0 amide bonds. The molecule has 0 rings (SSSR count). The first-order valence-electron chi connectivity index (χ1n) is 4.13. The molecule has 68 valence electrons. The minimum atomic E-state index is -0.447. The van der Waals surface area contributed by atoms with Gasteiger partial charge in [-0.25, -0.2) is 0 Å². The molecule has 0 saturated heterocycles. The lowest BCUT2D eigenvalue weighted by Gasteiger charge is -2.26. The van der Waals surface area contributed by atoms with E-state index < -0.39 is 6.10 Å². The third kappa shape index (κ3) is 3.18. The van der Waals surface area contributed by atoms with E-state index in [2.05, 4.69) is 5.32 Å². The van der Waals surface area contributed by atoms with Gasteiger partial charge in [-0.15, -0.1) is 0 Å². The first-order valence-corrected chi connectivity index (χ1v) is 4.13. The number of aliphatic hydroxyl groups is 2. The SMILES string of the molecule is CCC(NC)C(CO)C(C)O. The van der Waals surface area contributed by atoms with Crippen molar-refractivity contribution in [3.8, 4) is 0 Å². The number of hydrogen-bond acceptors (Lipinski definition) is 3. The summed E-state index contributed by atoms with van der Waals surface area (Å²) < 4.78 is 0. The zero-order chi connectivity index (χ0) is 8.85. The lowest BCUT2D eigenvalue weighted by Crippen LogP contribution is -2.40. The molecule has 0 heterocycles. The summed E-state index contributed by atoms with van der Waals surface area (Å²) in [6.07, 6.45) is 0.476. The highest BCUT2D eigenvalue weighted by Crippen LogP contribution is 2.10. The zero-order valence-corrected chi connectivity index (χ0v) is 7.54. The molecular weight excluding hydrogens is 142 g/mol. The minimum absolute atomic E-state index is 0.0387. The van der Waals surface area contributed by atoms with Crippen LogP contribution in [0, 0.1) is 5.92 Å². The number of rotatable bonds is 5. The van der Waals surface area contributed by atoms with Crippen molar-refractivity contribution in [2.24, 2.45) is 5.92 Å². The normalized spacial score (nSPS) is 19.4. The van der Waals surface area contributed by atoms with Gasteiger partial charge in [0.2, 0.25) is 0 Å². The van der Waals surface area contributed by atoms with Crippen LogP contribution in [0.25, 0.3) is 0 Å². The smallest absolute Gasteiger partial charge is 0.0577 e. The van der Waals surface area contributed by atoms with Gasteiger partial charge in [0, 0.05) is 18.6 Å². The van der Waals surface area contributed by atoms with E-state index >= 15 is 0 Å². The van der Waals surface area contributed by atoms with Crippen LogP contribution in [0.3, 0.4) is 0 Å². The molecule has 3 atom stereocenters. The second kappa shape index (κ2) is 5.52. The molecule has 0 fully saturated rings. The molecule has 0 bridgehead atoms. The third-order valence-electron chi connectivity index (χ3n) is 2.16. The Morgan fingerprint density at radius 3 is 2.09 bits per heavy atom. The number of aliphatic hydroxyl groups excluding tert-OH is 2. The Morgan fingerprint density at radius 2 is 2.00 bits per heavy atom. The molecule has 0 aromatic rings. The summed E-state index contributed by atoms with van der Waals surface area (Å²) in [6, 6.07) is 0.208. The average molecular weight is 161 g/mol. The fraction of sp³-hybridized carbons (Fsp3) is 1.00. The topological polar surface area (TPSA) is 52.5 Å². The van der Waals surface area contributed by atoms with Crippen molar-refractivity contribution >= 4 is 0 Å². The lowest BCUT2D eigenvalue weighted by atomic mass is 9.94. The van der Waals surface area contributed by atoms with Gasteiger partial charge in [-0.05, 0) is 20.4 Å². The Morgan fingerprint density at radius 1 is 1.45 bits per heavy atom. The second-order valence-electron chi connectivity index (χ2n) is 2.89. The Balaban J connectivity index is 3.98. The maximum absolute atomic E-state index is 9.24. The standard InChI is InChI=1S/C8H19NO2/c1-4-8(9-3)7(5-10)6(2)11/h6-11H,4-5H2,1-3H3. The molecule has 0 aliphatic carbocycles. The maximum Gasteiger partial charge on any atom is 0.0577 e. The predicted octanol–water partition coefficient (Wildman–Crippen LogP) is -0.0263. The van der Waals surface area contributed by atoms with Crippen LogP contribution in [0.1, 0.15) is 20.3 Å². The highest BCUT2D eigenvalue weighted by Gasteiger charge is 2.21. The molecule has 0 aromatic heterocycles. The van der Waals surface area contributed by atoms with Crippen LogP contribution in [0.2, 0.25) is 0 Å². The van der Waals surface area contributed by atoms with Crippen LogP contribution < -0.4 is 5.32 Å². The average Bonchev–Trinajstić information content (AvgIpc) is 1.99. The molecule has 3 unspecified atom stereocenters. The molecule has 0 aliphatic rings. The van der Waals surface area contributed by atoms with Crippen LogP contribution in [0.4, 0.5) is 0 Å². The van der Waals surface area contributed by atoms with Crippen molar-refractivity contribution in [3.05, 3.63) is 0 Å². The monoisotopic (exact) mass is 161 g/mol. The summed E-state index contributed by atoms with van der Waals surface area (Å²) in [6.45, 7) is 3.78. The van der Waals surface area contributed by atoms with Crippen LogP contribution in [0.15, 0.2) is 0 Å². The summed E-state index contributed by atoms with van der Waals surface area (Å²) in [7, 11) is 1.85. The second-order valence-corrected chi connectivity index (χ2v) is 2.89. The van der Waals surface area contributed by atoms with Crippen LogP contribution >= 0.6 is 0 Å². The van der Waals surface area contributed by atoms with E-state index in [-0.39, 0.29) is 18.6 Å². The fourth-order valence-electron chi connectivity index (χ4n) is 1.34.